The topological polar surface area (TPSA) is 117 Å². The molecule has 2 aliphatic rings. The van der Waals surface area contributed by atoms with Gasteiger partial charge in [0.15, 0.2) is 16.2 Å². The molecule has 2 amide bonds. The molecule has 0 aromatic rings. The predicted molar refractivity (Wildman–Crippen MR) is 60.4 cm³/mol. The maximum absolute atomic E-state index is 10.6. The third kappa shape index (κ3) is 4.64. The van der Waals surface area contributed by atoms with E-state index in [-0.39, 0.29) is 40.8 Å². The lowest BCUT2D eigenvalue weighted by molar-refractivity contribution is -0.127. The molecule has 9 heteroatoms. The largest absolute Gasteiger partial charge is 0.292 e. The van der Waals surface area contributed by atoms with Crippen molar-refractivity contribution < 1.29 is 19.2 Å². The van der Waals surface area contributed by atoms with Gasteiger partial charge in [-0.1, -0.05) is 0 Å². The summed E-state index contributed by atoms with van der Waals surface area (Å²) in [5, 5.41) is 6.64. The van der Waals surface area contributed by atoms with Crippen molar-refractivity contribution in [2.45, 2.75) is 12.8 Å². The lowest BCUT2D eigenvalue weighted by atomic mass is 10.3. The quantitative estimate of drug-likeness (QED) is 0.549. The highest BCUT2D eigenvalue weighted by Gasteiger charge is 2.17. The molecule has 2 N–H and O–H groups in total. The number of nitrogens with one attached hydrogen (secondary N) is 2. The van der Waals surface area contributed by atoms with Crippen molar-refractivity contribution in [2.24, 2.45) is 10.2 Å². The molecule has 0 saturated carbocycles. The Hall–Kier alpha value is -1.90. The van der Waals surface area contributed by atoms with Gasteiger partial charge in [-0.05, 0) is 15.9 Å². The first-order valence-corrected chi connectivity index (χ1v) is 5.18. The van der Waals surface area contributed by atoms with Gasteiger partial charge in [0.25, 0.3) is 0 Å². The molecular weight excluding hydrogens is 296 g/mol. The second-order valence-electron chi connectivity index (χ2n) is 2.97. The number of carbonyl (C=O) groups is 4. The van der Waals surface area contributed by atoms with E-state index in [1.54, 1.807) is 0 Å². The first-order chi connectivity index (χ1) is 7.99. The molecule has 17 heavy (non-hydrogen) atoms. The van der Waals surface area contributed by atoms with Crippen LogP contribution >= 0.6 is 15.9 Å². The molecule has 0 aromatic carbocycles. The number of amides is 2. The number of hydrazone groups is 2. The normalized spacial score (nSPS) is 18.8. The van der Waals surface area contributed by atoms with Gasteiger partial charge in [0, 0.05) is 0 Å². The monoisotopic (exact) mass is 302 g/mol. The van der Waals surface area contributed by atoms with Crippen molar-refractivity contribution in [1.29, 1.82) is 0 Å². The average molecular weight is 303 g/mol. The Kier molecular flexibility index (Phi) is 4.64. The Morgan fingerprint density at radius 2 is 1.71 bits per heavy atom. The van der Waals surface area contributed by atoms with Crippen LogP contribution in [0.25, 0.3) is 0 Å². The summed E-state index contributed by atoms with van der Waals surface area (Å²) in [5.74, 6) is -1.21. The van der Waals surface area contributed by atoms with Crippen LogP contribution in [0.5, 0.6) is 0 Å². The highest BCUT2D eigenvalue weighted by atomic mass is 79.9. The third-order valence-corrected chi connectivity index (χ3v) is 2.18. The van der Waals surface area contributed by atoms with E-state index in [1.165, 1.54) is 0 Å². The van der Waals surface area contributed by atoms with Gasteiger partial charge in [-0.2, -0.15) is 10.2 Å². The minimum Gasteiger partial charge on any atom is -0.292 e. The number of hydrogen-bond donors (Lipinski definition) is 2. The van der Waals surface area contributed by atoms with E-state index < -0.39 is 0 Å². The van der Waals surface area contributed by atoms with E-state index in [0.29, 0.717) is 0 Å². The van der Waals surface area contributed by atoms with Crippen molar-refractivity contribution in [3.05, 3.63) is 0 Å². The number of ketones is 2. The van der Waals surface area contributed by atoms with Crippen LogP contribution in [0.3, 0.4) is 0 Å². The molecule has 90 valence electrons. The van der Waals surface area contributed by atoms with Crippen LogP contribution < -0.4 is 10.9 Å². The van der Waals surface area contributed by atoms with E-state index in [1.807, 2.05) is 0 Å². The van der Waals surface area contributed by atoms with Gasteiger partial charge < -0.3 is 0 Å². The van der Waals surface area contributed by atoms with E-state index >= 15 is 0 Å². The van der Waals surface area contributed by atoms with Crippen LogP contribution in [-0.2, 0) is 19.2 Å². The number of carbonyl (C=O) groups excluding carboxylic acids is 4. The van der Waals surface area contributed by atoms with Gasteiger partial charge in [0.2, 0.25) is 11.8 Å². The molecule has 0 aromatic heterocycles. The number of halogens is 1. The van der Waals surface area contributed by atoms with E-state index in [4.69, 9.17) is 0 Å². The maximum Gasteiger partial charge on any atom is 0.248 e. The fourth-order valence-electron chi connectivity index (χ4n) is 0.852. The Morgan fingerprint density at radius 3 is 2.12 bits per heavy atom. The summed E-state index contributed by atoms with van der Waals surface area (Å²) in [6, 6.07) is 0. The van der Waals surface area contributed by atoms with Crippen LogP contribution in [0.2, 0.25) is 0 Å². The number of hydrogen-bond acceptors (Lipinski definition) is 6. The van der Waals surface area contributed by atoms with Gasteiger partial charge in [-0.15, -0.1) is 0 Å². The van der Waals surface area contributed by atoms with Gasteiger partial charge >= 0.3 is 0 Å². The maximum atomic E-state index is 10.6. The van der Waals surface area contributed by atoms with Crippen molar-refractivity contribution in [3.8, 4) is 0 Å². The molecule has 0 spiro atoms. The lowest BCUT2D eigenvalue weighted by Gasteiger charge is -2.03. The first-order valence-electron chi connectivity index (χ1n) is 4.39. The first kappa shape index (κ1) is 13.2. The second-order valence-corrected chi connectivity index (χ2v) is 3.72. The Balaban J connectivity index is 0.000000171. The van der Waals surface area contributed by atoms with E-state index in [9.17, 15) is 19.2 Å². The molecule has 0 bridgehead atoms. The van der Waals surface area contributed by atoms with Crippen LogP contribution in [0.4, 0.5) is 0 Å². The number of nitrogens with zero attached hydrogens (tertiary/aromatic N) is 2. The van der Waals surface area contributed by atoms with Crippen LogP contribution in [0.1, 0.15) is 12.8 Å². The second kappa shape index (κ2) is 5.99. The van der Waals surface area contributed by atoms with Gasteiger partial charge in [-0.3, -0.25) is 19.2 Å². The summed E-state index contributed by atoms with van der Waals surface area (Å²) in [6.45, 7) is 0. The molecule has 0 fully saturated rings. The van der Waals surface area contributed by atoms with Crippen molar-refractivity contribution >= 4 is 50.1 Å². The summed E-state index contributed by atoms with van der Waals surface area (Å²) < 4.78 is 0.183. The van der Waals surface area contributed by atoms with E-state index in [0.717, 1.165) is 6.21 Å². The van der Waals surface area contributed by atoms with Gasteiger partial charge in [-0.25, -0.2) is 10.9 Å². The minimum atomic E-state index is -0.358. The molecule has 0 atom stereocenters. The summed E-state index contributed by atoms with van der Waals surface area (Å²) in [6.07, 6.45) is 0.926. The molecular formula is C8H7BrN4O4. The number of Topliss-reactive ketones (excluding diaryl/α,β-unsaturated/α-hetero) is 2. The zero-order chi connectivity index (χ0) is 12.8. The predicted octanol–water partition coefficient (Wildman–Crippen LogP) is -1.16. The summed E-state index contributed by atoms with van der Waals surface area (Å²) in [4.78, 5) is 41.4. The standard InChI is InChI=1S/C4H3BrN2O2.C4H4N2O2/c5-4-2(8)1-3(9)6-7-4;7-3-1-4(8)6-5-2-3/h1H2,(H,6,9);2H,1H2,(H,6,8). The van der Waals surface area contributed by atoms with Crippen molar-refractivity contribution in [1.82, 2.24) is 10.9 Å². The SMILES string of the molecule is O=C1C=NNC(=O)C1.O=C1CC(=O)C(Br)=NN1. The average Bonchev–Trinajstić information content (AvgIpc) is 2.24. The van der Waals surface area contributed by atoms with Crippen LogP contribution in [-0.4, -0.2) is 34.2 Å². The van der Waals surface area contributed by atoms with Crippen molar-refractivity contribution in [2.75, 3.05) is 0 Å². The summed E-state index contributed by atoms with van der Waals surface area (Å²) in [7, 11) is 0. The fourth-order valence-corrected chi connectivity index (χ4v) is 1.08. The Labute approximate surface area is 104 Å². The van der Waals surface area contributed by atoms with E-state index in [2.05, 4.69) is 37.0 Å². The molecule has 2 rings (SSSR count). The number of rotatable bonds is 0. The highest BCUT2D eigenvalue weighted by molar-refractivity contribution is 9.19. The third-order valence-electron chi connectivity index (χ3n) is 1.56. The molecule has 0 unspecified atom stereocenters. The summed E-state index contributed by atoms with van der Waals surface area (Å²) >= 11 is 2.87. The zero-order valence-corrected chi connectivity index (χ0v) is 9.98. The molecule has 2 aliphatic heterocycles. The van der Waals surface area contributed by atoms with Gasteiger partial charge in [0.1, 0.15) is 0 Å². The van der Waals surface area contributed by atoms with Crippen molar-refractivity contribution in [3.63, 3.8) is 0 Å². The molecule has 2 heterocycles. The molecule has 8 nitrogen and oxygen atoms in total. The van der Waals surface area contributed by atoms with Crippen LogP contribution in [0, 0.1) is 0 Å². The zero-order valence-electron chi connectivity index (χ0n) is 8.40. The highest BCUT2D eigenvalue weighted by Crippen LogP contribution is 1.99. The fraction of sp³-hybridized carbons (Fsp3) is 0.250. The van der Waals surface area contributed by atoms with Crippen LogP contribution in [0.15, 0.2) is 10.2 Å². The Bertz CT molecular complexity index is 443. The molecule has 0 radical (unpaired) electrons. The Morgan fingerprint density at radius 1 is 1.06 bits per heavy atom. The molecule has 0 saturated heterocycles. The summed E-state index contributed by atoms with van der Waals surface area (Å²) in [5.41, 5.74) is 4.27. The molecule has 0 aliphatic carbocycles. The smallest absolute Gasteiger partial charge is 0.248 e. The van der Waals surface area contributed by atoms with Gasteiger partial charge in [0.05, 0.1) is 19.1 Å². The minimum absolute atomic E-state index is 0.0660. The lowest BCUT2D eigenvalue weighted by Crippen LogP contribution is -2.30.